The second-order valence-corrected chi connectivity index (χ2v) is 8.74. The smallest absolute Gasteiger partial charge is 0.255 e. The minimum Gasteiger partial charge on any atom is -0.338 e. The highest BCUT2D eigenvalue weighted by Crippen LogP contribution is 2.33. The number of carbonyl (C=O) groups excluding carboxylic acids is 1. The molecule has 0 saturated heterocycles. The van der Waals surface area contributed by atoms with E-state index in [1.807, 2.05) is 84.9 Å². The molecule has 1 heterocycles. The molecule has 32 heavy (non-hydrogen) atoms. The molecule has 1 amide bonds. The lowest BCUT2D eigenvalue weighted by atomic mass is 10.1. The maximum atomic E-state index is 12.9. The van der Waals surface area contributed by atoms with Crippen molar-refractivity contribution in [1.29, 1.82) is 0 Å². The van der Waals surface area contributed by atoms with E-state index in [0.717, 1.165) is 37.9 Å². The van der Waals surface area contributed by atoms with Gasteiger partial charge in [-0.15, -0.1) is 0 Å². The Bertz CT molecular complexity index is 1400. The summed E-state index contributed by atoms with van der Waals surface area (Å²) in [5.41, 5.74) is 3.98. The molecule has 1 aromatic heterocycles. The monoisotopic (exact) mass is 455 g/mol. The number of aromatic amines is 1. The molecule has 0 aliphatic heterocycles. The summed E-state index contributed by atoms with van der Waals surface area (Å²) in [5, 5.41) is 3.69. The number of H-pyrrole nitrogens is 1. The van der Waals surface area contributed by atoms with Crippen LogP contribution < -0.4 is 5.32 Å². The maximum Gasteiger partial charge on any atom is 0.255 e. The summed E-state index contributed by atoms with van der Waals surface area (Å²) in [6, 6.07) is 30.8. The lowest BCUT2D eigenvalue weighted by Crippen LogP contribution is -2.12. The third kappa shape index (κ3) is 4.40. The molecule has 2 N–H and O–H groups in total. The molecule has 0 spiro atoms. The van der Waals surface area contributed by atoms with E-state index in [1.54, 1.807) is 23.9 Å². The van der Waals surface area contributed by atoms with E-state index >= 15 is 0 Å². The van der Waals surface area contributed by atoms with Gasteiger partial charge in [-0.1, -0.05) is 65.8 Å². The molecular formula is C26H18ClN3OS. The van der Waals surface area contributed by atoms with Gasteiger partial charge in [-0.05, 0) is 54.6 Å². The number of nitrogens with one attached hydrogen (secondary N) is 2. The van der Waals surface area contributed by atoms with Gasteiger partial charge in [-0.25, -0.2) is 4.98 Å². The predicted octanol–water partition coefficient (Wildman–Crippen LogP) is 7.29. The Balaban J connectivity index is 1.34. The van der Waals surface area contributed by atoms with E-state index < -0.39 is 0 Å². The van der Waals surface area contributed by atoms with Gasteiger partial charge >= 0.3 is 0 Å². The van der Waals surface area contributed by atoms with Gasteiger partial charge in [0.05, 0.1) is 16.7 Å². The van der Waals surface area contributed by atoms with Crippen molar-refractivity contribution in [2.24, 2.45) is 0 Å². The largest absolute Gasteiger partial charge is 0.338 e. The molecule has 6 heteroatoms. The highest BCUT2D eigenvalue weighted by molar-refractivity contribution is 7.99. The number of imidazole rings is 1. The van der Waals surface area contributed by atoms with Gasteiger partial charge in [0, 0.05) is 25.9 Å². The number of aromatic nitrogens is 2. The number of amides is 1. The van der Waals surface area contributed by atoms with Crippen LogP contribution in [0, 0.1) is 0 Å². The van der Waals surface area contributed by atoms with Crippen LogP contribution in [0.2, 0.25) is 5.02 Å². The Kier molecular flexibility index (Phi) is 5.67. The summed E-state index contributed by atoms with van der Waals surface area (Å²) in [4.78, 5) is 22.9. The molecule has 4 aromatic carbocycles. The topological polar surface area (TPSA) is 57.8 Å². The van der Waals surface area contributed by atoms with Crippen LogP contribution >= 0.6 is 23.4 Å². The molecular weight excluding hydrogens is 438 g/mol. The fourth-order valence-corrected chi connectivity index (χ4v) is 4.46. The van der Waals surface area contributed by atoms with Gasteiger partial charge in [0.25, 0.3) is 5.91 Å². The van der Waals surface area contributed by atoms with Crippen molar-refractivity contribution in [3.8, 4) is 11.4 Å². The first kappa shape index (κ1) is 20.4. The summed E-state index contributed by atoms with van der Waals surface area (Å²) in [7, 11) is 0. The minimum atomic E-state index is -0.158. The fraction of sp³-hybridized carbons (Fsp3) is 0. The first-order valence-corrected chi connectivity index (χ1v) is 11.2. The average Bonchev–Trinajstić information content (AvgIpc) is 3.24. The highest BCUT2D eigenvalue weighted by Gasteiger charge is 2.11. The van der Waals surface area contributed by atoms with Gasteiger partial charge in [0.15, 0.2) is 0 Å². The summed E-state index contributed by atoms with van der Waals surface area (Å²) < 4.78 is 0. The van der Waals surface area contributed by atoms with E-state index in [0.29, 0.717) is 10.6 Å². The third-order valence-electron chi connectivity index (χ3n) is 4.97. The summed E-state index contributed by atoms with van der Waals surface area (Å²) in [5.74, 6) is 0.577. The standard InChI is InChI=1S/C26H18ClN3OS/c27-19-14-15-21-23(16-19)29-25(28-21)17-10-12-18(13-11-17)26(31)30-22-8-4-5-9-24(22)32-20-6-2-1-3-7-20/h1-16H,(H,28,29)(H,30,31). The first-order chi connectivity index (χ1) is 15.7. The highest BCUT2D eigenvalue weighted by atomic mass is 35.5. The van der Waals surface area contributed by atoms with Crippen LogP contribution in [0.4, 0.5) is 5.69 Å². The molecule has 4 nitrogen and oxygen atoms in total. The van der Waals surface area contributed by atoms with Crippen molar-refractivity contribution in [1.82, 2.24) is 9.97 Å². The molecule has 5 aromatic rings. The maximum absolute atomic E-state index is 12.9. The Morgan fingerprint density at radius 1 is 0.875 bits per heavy atom. The summed E-state index contributed by atoms with van der Waals surface area (Å²) in [6.07, 6.45) is 0. The number of rotatable bonds is 5. The van der Waals surface area contributed by atoms with Crippen molar-refractivity contribution in [3.63, 3.8) is 0 Å². The zero-order chi connectivity index (χ0) is 21.9. The zero-order valence-electron chi connectivity index (χ0n) is 16.9. The number of fused-ring (bicyclic) bond motifs is 1. The quantitative estimate of drug-likeness (QED) is 0.292. The van der Waals surface area contributed by atoms with Crippen LogP contribution in [-0.4, -0.2) is 15.9 Å². The van der Waals surface area contributed by atoms with E-state index in [2.05, 4.69) is 15.3 Å². The number of hydrogen-bond donors (Lipinski definition) is 2. The van der Waals surface area contributed by atoms with Crippen molar-refractivity contribution < 1.29 is 4.79 Å². The van der Waals surface area contributed by atoms with Crippen LogP contribution in [0.5, 0.6) is 0 Å². The van der Waals surface area contributed by atoms with Crippen molar-refractivity contribution >= 4 is 46.0 Å². The molecule has 0 unspecified atom stereocenters. The Morgan fingerprint density at radius 3 is 2.44 bits per heavy atom. The van der Waals surface area contributed by atoms with Crippen LogP contribution in [-0.2, 0) is 0 Å². The predicted molar refractivity (Wildman–Crippen MR) is 131 cm³/mol. The lowest BCUT2D eigenvalue weighted by molar-refractivity contribution is 0.102. The molecule has 0 fully saturated rings. The third-order valence-corrected chi connectivity index (χ3v) is 6.29. The Hall–Kier alpha value is -3.54. The van der Waals surface area contributed by atoms with Crippen LogP contribution in [0.1, 0.15) is 10.4 Å². The van der Waals surface area contributed by atoms with Crippen molar-refractivity contribution in [2.45, 2.75) is 9.79 Å². The molecule has 0 saturated carbocycles. The number of para-hydroxylation sites is 1. The second-order valence-electron chi connectivity index (χ2n) is 7.19. The number of halogens is 1. The molecule has 0 aliphatic carbocycles. The second kappa shape index (κ2) is 8.91. The summed E-state index contributed by atoms with van der Waals surface area (Å²) in [6.45, 7) is 0. The number of hydrogen-bond acceptors (Lipinski definition) is 3. The average molecular weight is 456 g/mol. The Labute approximate surface area is 194 Å². The van der Waals surface area contributed by atoms with E-state index in [1.165, 1.54) is 0 Å². The molecule has 0 atom stereocenters. The van der Waals surface area contributed by atoms with Gasteiger partial charge in [-0.3, -0.25) is 4.79 Å². The van der Waals surface area contributed by atoms with Crippen LogP contribution in [0.3, 0.4) is 0 Å². The normalized spacial score (nSPS) is 10.9. The van der Waals surface area contributed by atoms with Crippen molar-refractivity contribution in [3.05, 3.63) is 108 Å². The number of anilines is 1. The van der Waals surface area contributed by atoms with Gasteiger partial charge in [0.1, 0.15) is 5.82 Å². The molecule has 0 radical (unpaired) electrons. The zero-order valence-corrected chi connectivity index (χ0v) is 18.5. The van der Waals surface area contributed by atoms with Gasteiger partial charge in [-0.2, -0.15) is 0 Å². The number of carbonyl (C=O) groups is 1. The summed E-state index contributed by atoms with van der Waals surface area (Å²) >= 11 is 7.68. The van der Waals surface area contributed by atoms with Gasteiger partial charge in [0.2, 0.25) is 0 Å². The number of benzene rings is 4. The van der Waals surface area contributed by atoms with E-state index in [4.69, 9.17) is 11.6 Å². The van der Waals surface area contributed by atoms with Gasteiger partial charge < -0.3 is 10.3 Å². The Morgan fingerprint density at radius 2 is 1.62 bits per heavy atom. The van der Waals surface area contributed by atoms with Crippen LogP contribution in [0.15, 0.2) is 107 Å². The van der Waals surface area contributed by atoms with E-state index in [-0.39, 0.29) is 5.91 Å². The fourth-order valence-electron chi connectivity index (χ4n) is 3.37. The molecule has 156 valence electrons. The lowest BCUT2D eigenvalue weighted by Gasteiger charge is -2.11. The minimum absolute atomic E-state index is 0.158. The van der Waals surface area contributed by atoms with Crippen LogP contribution in [0.25, 0.3) is 22.4 Å². The SMILES string of the molecule is O=C(Nc1ccccc1Sc1ccccc1)c1ccc(-c2nc3ccc(Cl)cc3[nH]2)cc1. The van der Waals surface area contributed by atoms with Crippen molar-refractivity contribution in [2.75, 3.05) is 5.32 Å². The molecule has 0 bridgehead atoms. The molecule has 0 aliphatic rings. The molecule has 5 rings (SSSR count). The first-order valence-electron chi connectivity index (χ1n) is 10.0. The number of nitrogens with zero attached hydrogens (tertiary/aromatic N) is 1. The van der Waals surface area contributed by atoms with E-state index in [9.17, 15) is 4.79 Å².